The van der Waals surface area contributed by atoms with E-state index >= 15 is 0 Å². The summed E-state index contributed by atoms with van der Waals surface area (Å²) >= 11 is 0. The quantitative estimate of drug-likeness (QED) is 0.929. The molecule has 2 aliphatic rings. The first-order chi connectivity index (χ1) is 10.5. The summed E-state index contributed by atoms with van der Waals surface area (Å²) in [5, 5.41) is 9.85. The second-order valence-electron chi connectivity index (χ2n) is 6.60. The third-order valence-corrected chi connectivity index (χ3v) is 4.98. The van der Waals surface area contributed by atoms with Crippen LogP contribution in [0.25, 0.3) is 0 Å². The minimum atomic E-state index is -0.863. The van der Waals surface area contributed by atoms with Crippen LogP contribution in [-0.2, 0) is 4.79 Å². The summed E-state index contributed by atoms with van der Waals surface area (Å²) < 4.78 is 26.2. The molecule has 5 heteroatoms. The van der Waals surface area contributed by atoms with Crippen LogP contribution >= 0.6 is 0 Å². The number of carbonyl (C=O) groups excluding carboxylic acids is 1. The molecule has 1 N–H and O–H groups in total. The van der Waals surface area contributed by atoms with Crippen molar-refractivity contribution < 1.29 is 18.7 Å². The SMILES string of the molecule is CN(CC1CCCC1O)C(=O)C1CC1c1ccc(F)c(F)c1. The topological polar surface area (TPSA) is 40.5 Å². The number of benzene rings is 1. The molecule has 2 saturated carbocycles. The van der Waals surface area contributed by atoms with Gasteiger partial charge in [0.1, 0.15) is 0 Å². The summed E-state index contributed by atoms with van der Waals surface area (Å²) in [6, 6.07) is 3.86. The average molecular weight is 309 g/mol. The maximum Gasteiger partial charge on any atom is 0.226 e. The molecule has 120 valence electrons. The molecule has 22 heavy (non-hydrogen) atoms. The van der Waals surface area contributed by atoms with E-state index in [4.69, 9.17) is 0 Å². The maximum absolute atomic E-state index is 13.3. The number of nitrogens with zero attached hydrogens (tertiary/aromatic N) is 1. The monoisotopic (exact) mass is 309 g/mol. The van der Waals surface area contributed by atoms with Crippen molar-refractivity contribution in [3.05, 3.63) is 35.4 Å². The van der Waals surface area contributed by atoms with Crippen LogP contribution in [0, 0.1) is 23.5 Å². The number of aliphatic hydroxyl groups is 1. The lowest BCUT2D eigenvalue weighted by molar-refractivity contribution is -0.132. The molecule has 1 aromatic rings. The number of hydrogen-bond donors (Lipinski definition) is 1. The van der Waals surface area contributed by atoms with Gasteiger partial charge in [0.05, 0.1) is 6.10 Å². The van der Waals surface area contributed by atoms with Crippen LogP contribution in [0.1, 0.15) is 37.2 Å². The normalized spacial score (nSPS) is 30.4. The van der Waals surface area contributed by atoms with E-state index < -0.39 is 11.6 Å². The highest BCUT2D eigenvalue weighted by molar-refractivity contribution is 5.82. The summed E-state index contributed by atoms with van der Waals surface area (Å²) in [6.07, 6.45) is 3.15. The Labute approximate surface area is 128 Å². The molecule has 0 aromatic heterocycles. The number of hydrogen-bond acceptors (Lipinski definition) is 2. The molecule has 0 aliphatic heterocycles. The summed E-state index contributed by atoms with van der Waals surface area (Å²) in [7, 11) is 1.76. The molecule has 2 fully saturated rings. The Morgan fingerprint density at radius 2 is 2.09 bits per heavy atom. The van der Waals surface area contributed by atoms with Gasteiger partial charge in [-0.05, 0) is 42.9 Å². The molecule has 0 saturated heterocycles. The van der Waals surface area contributed by atoms with Gasteiger partial charge in [0.2, 0.25) is 5.91 Å². The second-order valence-corrected chi connectivity index (χ2v) is 6.60. The molecule has 1 amide bonds. The summed E-state index contributed by atoms with van der Waals surface area (Å²) in [4.78, 5) is 14.1. The number of carbonyl (C=O) groups is 1. The zero-order valence-electron chi connectivity index (χ0n) is 12.6. The average Bonchev–Trinajstić information content (AvgIpc) is 3.19. The van der Waals surface area contributed by atoms with Crippen LogP contribution in [0.3, 0.4) is 0 Å². The van der Waals surface area contributed by atoms with Crippen molar-refractivity contribution in [1.82, 2.24) is 4.90 Å². The number of rotatable bonds is 4. The first kappa shape index (κ1) is 15.4. The van der Waals surface area contributed by atoms with Crippen LogP contribution in [0.5, 0.6) is 0 Å². The van der Waals surface area contributed by atoms with Crippen LogP contribution in [0.2, 0.25) is 0 Å². The van der Waals surface area contributed by atoms with E-state index in [0.717, 1.165) is 25.3 Å². The Kier molecular flexibility index (Phi) is 4.17. The Balaban J connectivity index is 1.58. The van der Waals surface area contributed by atoms with Gasteiger partial charge in [0.25, 0.3) is 0 Å². The van der Waals surface area contributed by atoms with Crippen molar-refractivity contribution in [3.8, 4) is 0 Å². The van der Waals surface area contributed by atoms with Crippen molar-refractivity contribution in [2.45, 2.75) is 37.7 Å². The maximum atomic E-state index is 13.3. The van der Waals surface area contributed by atoms with Gasteiger partial charge in [-0.1, -0.05) is 12.5 Å². The molecule has 3 nitrogen and oxygen atoms in total. The Hall–Kier alpha value is -1.49. The fourth-order valence-electron chi connectivity index (χ4n) is 3.53. The van der Waals surface area contributed by atoms with Crippen molar-refractivity contribution in [1.29, 1.82) is 0 Å². The van der Waals surface area contributed by atoms with Gasteiger partial charge in [0, 0.05) is 25.4 Å². The summed E-state index contributed by atoms with van der Waals surface area (Å²) in [5.41, 5.74) is 0.687. The Bertz CT molecular complexity index is 578. The van der Waals surface area contributed by atoms with E-state index in [2.05, 4.69) is 0 Å². The molecule has 0 bridgehead atoms. The molecule has 4 unspecified atom stereocenters. The van der Waals surface area contributed by atoms with Gasteiger partial charge in [-0.25, -0.2) is 8.78 Å². The lowest BCUT2D eigenvalue weighted by Crippen LogP contribution is -2.35. The van der Waals surface area contributed by atoms with Crippen molar-refractivity contribution in [2.24, 2.45) is 11.8 Å². The molecular weight excluding hydrogens is 288 g/mol. The van der Waals surface area contributed by atoms with Crippen LogP contribution < -0.4 is 0 Å². The molecule has 2 aliphatic carbocycles. The molecule has 0 heterocycles. The number of halogens is 2. The molecule has 3 rings (SSSR count). The van der Waals surface area contributed by atoms with E-state index in [-0.39, 0.29) is 29.8 Å². The first-order valence-corrected chi connectivity index (χ1v) is 7.85. The first-order valence-electron chi connectivity index (χ1n) is 7.85. The zero-order chi connectivity index (χ0) is 15.9. The molecule has 4 atom stereocenters. The van der Waals surface area contributed by atoms with Crippen molar-refractivity contribution in [3.63, 3.8) is 0 Å². The van der Waals surface area contributed by atoms with Gasteiger partial charge in [-0.3, -0.25) is 4.79 Å². The fourth-order valence-corrected chi connectivity index (χ4v) is 3.53. The standard InChI is InChI=1S/C17H21F2NO2/c1-20(9-11-3-2-4-16(11)21)17(22)13-8-12(13)10-5-6-14(18)15(19)7-10/h5-7,11-13,16,21H,2-4,8-9H2,1H3. The van der Waals surface area contributed by atoms with Crippen LogP contribution in [0.15, 0.2) is 18.2 Å². The van der Waals surface area contributed by atoms with E-state index in [1.165, 1.54) is 6.07 Å². The predicted octanol–water partition coefficient (Wildman–Crippen LogP) is 2.69. The molecule has 1 aromatic carbocycles. The lowest BCUT2D eigenvalue weighted by atomic mass is 10.0. The summed E-state index contributed by atoms with van der Waals surface area (Å²) in [6.45, 7) is 0.570. The third-order valence-electron chi connectivity index (χ3n) is 4.98. The molecule has 0 spiro atoms. The van der Waals surface area contributed by atoms with Crippen molar-refractivity contribution in [2.75, 3.05) is 13.6 Å². The molecule has 0 radical (unpaired) electrons. The fraction of sp³-hybridized carbons (Fsp3) is 0.588. The predicted molar refractivity (Wildman–Crippen MR) is 78.2 cm³/mol. The highest BCUT2D eigenvalue weighted by Crippen LogP contribution is 2.48. The van der Waals surface area contributed by atoms with Crippen LogP contribution in [0.4, 0.5) is 8.78 Å². The number of amides is 1. The smallest absolute Gasteiger partial charge is 0.226 e. The van der Waals surface area contributed by atoms with Gasteiger partial charge in [0.15, 0.2) is 11.6 Å². The minimum Gasteiger partial charge on any atom is -0.393 e. The van der Waals surface area contributed by atoms with E-state index in [1.807, 2.05) is 0 Å². The van der Waals surface area contributed by atoms with Crippen LogP contribution in [-0.4, -0.2) is 35.6 Å². The second kappa shape index (κ2) is 5.95. The van der Waals surface area contributed by atoms with Gasteiger partial charge >= 0.3 is 0 Å². The zero-order valence-corrected chi connectivity index (χ0v) is 12.6. The summed E-state index contributed by atoms with van der Waals surface area (Å²) in [5.74, 6) is -1.69. The van der Waals surface area contributed by atoms with Gasteiger partial charge in [-0.2, -0.15) is 0 Å². The van der Waals surface area contributed by atoms with Gasteiger partial charge in [-0.15, -0.1) is 0 Å². The van der Waals surface area contributed by atoms with E-state index in [9.17, 15) is 18.7 Å². The highest BCUT2D eigenvalue weighted by Gasteiger charge is 2.45. The van der Waals surface area contributed by atoms with Crippen molar-refractivity contribution >= 4 is 5.91 Å². The lowest BCUT2D eigenvalue weighted by Gasteiger charge is -2.23. The number of aliphatic hydroxyl groups excluding tert-OH is 1. The Morgan fingerprint density at radius 1 is 1.32 bits per heavy atom. The van der Waals surface area contributed by atoms with Gasteiger partial charge < -0.3 is 10.0 Å². The Morgan fingerprint density at radius 3 is 2.73 bits per heavy atom. The highest BCUT2D eigenvalue weighted by atomic mass is 19.2. The van der Waals surface area contributed by atoms with E-state index in [0.29, 0.717) is 18.5 Å². The largest absolute Gasteiger partial charge is 0.393 e. The molecular formula is C17H21F2NO2. The third kappa shape index (κ3) is 3.00. The van der Waals surface area contributed by atoms with E-state index in [1.54, 1.807) is 18.0 Å². The minimum absolute atomic E-state index is 0.0152.